The van der Waals surface area contributed by atoms with Gasteiger partial charge in [-0.05, 0) is 43.2 Å². The highest BCUT2D eigenvalue weighted by Crippen LogP contribution is 2.35. The summed E-state index contributed by atoms with van der Waals surface area (Å²) in [5.74, 6) is -1.78. The molecular weight excluding hydrogens is 500 g/mol. The van der Waals surface area contributed by atoms with E-state index >= 15 is 0 Å². The highest BCUT2D eigenvalue weighted by Gasteiger charge is 2.34. The fraction of sp³-hybridized carbons (Fsp3) is 0.391. The molecule has 2 aromatic rings. The molecule has 2 amide bonds. The number of carbonyl (C=O) groups is 2. The normalized spacial score (nSPS) is 12.9. The van der Waals surface area contributed by atoms with Crippen molar-refractivity contribution < 1.29 is 35.9 Å². The Morgan fingerprint density at radius 2 is 1.60 bits per heavy atom. The van der Waals surface area contributed by atoms with Crippen molar-refractivity contribution in [1.29, 1.82) is 0 Å². The van der Waals surface area contributed by atoms with Crippen LogP contribution in [-0.4, -0.2) is 35.8 Å². The molecule has 192 valence electrons. The van der Waals surface area contributed by atoms with Crippen molar-refractivity contribution in [2.24, 2.45) is 5.92 Å². The number of amides is 2. The molecule has 12 heteroatoms. The molecular formula is C23H24ClF6N3O2. The fourth-order valence-electron chi connectivity index (χ4n) is 3.23. The lowest BCUT2D eigenvalue weighted by molar-refractivity contribution is -0.138. The van der Waals surface area contributed by atoms with E-state index in [-0.39, 0.29) is 23.2 Å². The van der Waals surface area contributed by atoms with Crippen molar-refractivity contribution in [2.75, 3.05) is 23.7 Å². The third kappa shape index (κ3) is 7.51. The van der Waals surface area contributed by atoms with Crippen LogP contribution in [0, 0.1) is 5.92 Å². The first-order chi connectivity index (χ1) is 16.1. The summed E-state index contributed by atoms with van der Waals surface area (Å²) in [6.45, 7) is 4.46. The van der Waals surface area contributed by atoms with E-state index in [0.717, 1.165) is 35.2 Å². The maximum atomic E-state index is 13.2. The van der Waals surface area contributed by atoms with Crippen LogP contribution in [0.4, 0.5) is 37.7 Å². The Kier molecular flexibility index (Phi) is 9.05. The van der Waals surface area contributed by atoms with Crippen molar-refractivity contribution in [1.82, 2.24) is 4.90 Å². The average Bonchev–Trinajstić information content (AvgIpc) is 2.74. The van der Waals surface area contributed by atoms with E-state index < -0.39 is 53.6 Å². The molecule has 0 aromatic heterocycles. The molecule has 0 saturated heterocycles. The summed E-state index contributed by atoms with van der Waals surface area (Å²) in [5.41, 5.74) is -2.33. The first-order valence-corrected chi connectivity index (χ1v) is 10.9. The van der Waals surface area contributed by atoms with Gasteiger partial charge in [-0.15, -0.1) is 0 Å². The molecule has 0 aliphatic heterocycles. The lowest BCUT2D eigenvalue weighted by Crippen LogP contribution is -2.48. The minimum absolute atomic E-state index is 0.0544. The van der Waals surface area contributed by atoms with E-state index in [1.807, 2.05) is 0 Å². The molecule has 0 radical (unpaired) electrons. The molecule has 0 spiro atoms. The van der Waals surface area contributed by atoms with Gasteiger partial charge in [0.2, 0.25) is 11.8 Å². The monoisotopic (exact) mass is 523 g/mol. The van der Waals surface area contributed by atoms with E-state index in [1.165, 1.54) is 12.1 Å². The van der Waals surface area contributed by atoms with E-state index in [0.29, 0.717) is 0 Å². The lowest BCUT2D eigenvalue weighted by atomic mass is 10.0. The zero-order valence-corrected chi connectivity index (χ0v) is 19.8. The predicted molar refractivity (Wildman–Crippen MR) is 121 cm³/mol. The van der Waals surface area contributed by atoms with E-state index in [2.05, 4.69) is 10.6 Å². The number of hydrogen-bond acceptors (Lipinski definition) is 3. The second-order valence-electron chi connectivity index (χ2n) is 8.00. The van der Waals surface area contributed by atoms with Crippen LogP contribution in [0.5, 0.6) is 0 Å². The van der Waals surface area contributed by atoms with Gasteiger partial charge in [0.25, 0.3) is 0 Å². The zero-order chi connectivity index (χ0) is 26.6. The summed E-state index contributed by atoms with van der Waals surface area (Å²) in [5, 5.41) is 4.76. The van der Waals surface area contributed by atoms with Crippen molar-refractivity contribution in [3.05, 3.63) is 58.6 Å². The zero-order valence-electron chi connectivity index (χ0n) is 19.0. The SMILES string of the molecule is CCN(CC(=O)Nc1ccccc1C(F)(F)F)C(=O)C(Nc1ccc(C(F)(F)F)cc1Cl)C(C)C. The summed E-state index contributed by atoms with van der Waals surface area (Å²) >= 11 is 5.99. The first kappa shape index (κ1) is 28.3. The molecule has 0 bridgehead atoms. The third-order valence-corrected chi connectivity index (χ3v) is 5.39. The van der Waals surface area contributed by atoms with Crippen LogP contribution in [0.2, 0.25) is 5.02 Å². The number of carbonyl (C=O) groups excluding carboxylic acids is 2. The Balaban J connectivity index is 2.18. The third-order valence-electron chi connectivity index (χ3n) is 5.07. The van der Waals surface area contributed by atoms with Gasteiger partial charge in [-0.1, -0.05) is 37.6 Å². The van der Waals surface area contributed by atoms with Crippen molar-refractivity contribution in [3.8, 4) is 0 Å². The molecule has 0 aliphatic carbocycles. The van der Waals surface area contributed by atoms with Gasteiger partial charge in [0.05, 0.1) is 34.1 Å². The Labute approximate surface area is 203 Å². The Morgan fingerprint density at radius 1 is 0.971 bits per heavy atom. The molecule has 2 N–H and O–H groups in total. The molecule has 1 unspecified atom stereocenters. The summed E-state index contributed by atoms with van der Waals surface area (Å²) in [7, 11) is 0. The molecule has 0 saturated carbocycles. The predicted octanol–water partition coefficient (Wildman–Crippen LogP) is 6.30. The van der Waals surface area contributed by atoms with Gasteiger partial charge in [0.15, 0.2) is 0 Å². The van der Waals surface area contributed by atoms with Crippen LogP contribution >= 0.6 is 11.6 Å². The minimum Gasteiger partial charge on any atom is -0.372 e. The number of hydrogen-bond donors (Lipinski definition) is 2. The molecule has 0 fully saturated rings. The molecule has 1 atom stereocenters. The highest BCUT2D eigenvalue weighted by molar-refractivity contribution is 6.33. The van der Waals surface area contributed by atoms with Gasteiger partial charge >= 0.3 is 12.4 Å². The second kappa shape index (κ2) is 11.2. The Hall–Kier alpha value is -2.95. The van der Waals surface area contributed by atoms with Gasteiger partial charge in [0.1, 0.15) is 6.04 Å². The smallest absolute Gasteiger partial charge is 0.372 e. The van der Waals surface area contributed by atoms with Gasteiger partial charge < -0.3 is 15.5 Å². The van der Waals surface area contributed by atoms with Crippen LogP contribution in [0.15, 0.2) is 42.5 Å². The molecule has 35 heavy (non-hydrogen) atoms. The van der Waals surface area contributed by atoms with E-state index in [1.54, 1.807) is 20.8 Å². The first-order valence-electron chi connectivity index (χ1n) is 10.5. The Bertz CT molecular complexity index is 1060. The van der Waals surface area contributed by atoms with Crippen molar-refractivity contribution in [3.63, 3.8) is 0 Å². The van der Waals surface area contributed by atoms with Gasteiger partial charge in [-0.25, -0.2) is 0 Å². The van der Waals surface area contributed by atoms with Crippen LogP contribution in [0.1, 0.15) is 31.9 Å². The number of benzene rings is 2. The highest BCUT2D eigenvalue weighted by atomic mass is 35.5. The average molecular weight is 524 g/mol. The largest absolute Gasteiger partial charge is 0.418 e. The molecule has 2 rings (SSSR count). The number of rotatable bonds is 8. The molecule has 5 nitrogen and oxygen atoms in total. The van der Waals surface area contributed by atoms with E-state index in [9.17, 15) is 35.9 Å². The van der Waals surface area contributed by atoms with Crippen LogP contribution in [-0.2, 0) is 21.9 Å². The van der Waals surface area contributed by atoms with E-state index in [4.69, 9.17) is 11.6 Å². The quantitative estimate of drug-likeness (QED) is 0.399. The number of nitrogens with zero attached hydrogens (tertiary/aromatic N) is 1. The van der Waals surface area contributed by atoms with Gasteiger partial charge in [0, 0.05) is 6.54 Å². The maximum Gasteiger partial charge on any atom is 0.418 e. The number of anilines is 2. The van der Waals surface area contributed by atoms with Crippen LogP contribution < -0.4 is 10.6 Å². The molecule has 0 heterocycles. The van der Waals surface area contributed by atoms with Crippen LogP contribution in [0.25, 0.3) is 0 Å². The molecule has 0 aliphatic rings. The number of likely N-dealkylation sites (N-methyl/N-ethyl adjacent to an activating group) is 1. The van der Waals surface area contributed by atoms with Gasteiger partial charge in [-0.2, -0.15) is 26.3 Å². The fourth-order valence-corrected chi connectivity index (χ4v) is 3.47. The topological polar surface area (TPSA) is 61.4 Å². The number of para-hydroxylation sites is 1. The number of nitrogens with one attached hydrogen (secondary N) is 2. The maximum absolute atomic E-state index is 13.2. The van der Waals surface area contributed by atoms with Crippen molar-refractivity contribution >= 4 is 34.8 Å². The Morgan fingerprint density at radius 3 is 2.11 bits per heavy atom. The second-order valence-corrected chi connectivity index (χ2v) is 8.41. The summed E-state index contributed by atoms with van der Waals surface area (Å²) in [6, 6.07) is 6.12. The minimum atomic E-state index is -4.68. The standard InChI is InChI=1S/C23H24ClF6N3O2/c1-4-33(12-19(34)31-17-8-6-5-7-15(17)23(28,29)30)21(35)20(13(2)3)32-18-10-9-14(11-16(18)24)22(25,26)27/h5-11,13,20,32H,4,12H2,1-3H3,(H,31,34). The number of alkyl halides is 6. The number of halogens is 7. The summed E-state index contributed by atoms with van der Waals surface area (Å²) in [4.78, 5) is 26.8. The summed E-state index contributed by atoms with van der Waals surface area (Å²) < 4.78 is 78.2. The summed E-state index contributed by atoms with van der Waals surface area (Å²) in [6.07, 6.45) is -9.27. The van der Waals surface area contributed by atoms with Gasteiger partial charge in [-0.3, -0.25) is 9.59 Å². The van der Waals surface area contributed by atoms with Crippen molar-refractivity contribution in [2.45, 2.75) is 39.2 Å². The lowest BCUT2D eigenvalue weighted by Gasteiger charge is -2.30. The van der Waals surface area contributed by atoms with Crippen LogP contribution in [0.3, 0.4) is 0 Å². The molecule has 2 aromatic carbocycles.